The molecule has 0 saturated heterocycles. The third kappa shape index (κ3) is 3.18. The van der Waals surface area contributed by atoms with Crippen LogP contribution in [0.1, 0.15) is 31.5 Å². The van der Waals surface area contributed by atoms with E-state index in [0.29, 0.717) is 10.8 Å². The van der Waals surface area contributed by atoms with Crippen LogP contribution in [-0.2, 0) is 0 Å². The predicted molar refractivity (Wildman–Crippen MR) is 72.2 cm³/mol. The van der Waals surface area contributed by atoms with Crippen LogP contribution < -0.4 is 0 Å². The molecule has 0 fully saturated rings. The Kier molecular flexibility index (Phi) is 4.93. The fourth-order valence-corrected chi connectivity index (χ4v) is 1.68. The van der Waals surface area contributed by atoms with Gasteiger partial charge in [0.2, 0.25) is 0 Å². The second kappa shape index (κ2) is 6.22. The molecule has 0 radical (unpaired) electrons. The van der Waals surface area contributed by atoms with E-state index in [1.54, 1.807) is 6.07 Å². The molecule has 2 aromatic rings. The molecule has 1 aromatic carbocycles. The quantitative estimate of drug-likeness (QED) is 0.643. The van der Waals surface area contributed by atoms with E-state index in [9.17, 15) is 0 Å². The van der Waals surface area contributed by atoms with Crippen LogP contribution in [0.15, 0.2) is 24.3 Å². The topological polar surface area (TPSA) is 36.7 Å². The summed E-state index contributed by atoms with van der Waals surface area (Å²) in [5.74, 6) is 0. The standard InChI is InChI=1S/C11H7ClN2.C3H8/c1-7-3-2-4-8-9(7)5-11(12)14-10(8)6-13;1-3-2/h2-5H,1H3;3H2,1-2H3. The summed E-state index contributed by atoms with van der Waals surface area (Å²) in [4.78, 5) is 3.97. The number of nitrogens with zero attached hydrogens (tertiary/aromatic N) is 2. The number of aryl methyl sites for hydroxylation is 1. The van der Waals surface area contributed by atoms with Gasteiger partial charge in [0.15, 0.2) is 0 Å². The van der Waals surface area contributed by atoms with Gasteiger partial charge >= 0.3 is 0 Å². The van der Waals surface area contributed by atoms with Gasteiger partial charge < -0.3 is 0 Å². The number of halogens is 1. The molecule has 3 heteroatoms. The largest absolute Gasteiger partial charge is 0.225 e. The molecule has 0 bridgehead atoms. The van der Waals surface area contributed by atoms with Gasteiger partial charge in [-0.2, -0.15) is 5.26 Å². The van der Waals surface area contributed by atoms with Crippen LogP contribution in [0.25, 0.3) is 10.8 Å². The lowest BCUT2D eigenvalue weighted by Gasteiger charge is -2.03. The molecule has 0 saturated carbocycles. The number of nitriles is 1. The summed E-state index contributed by atoms with van der Waals surface area (Å²) in [5, 5.41) is 11.1. The summed E-state index contributed by atoms with van der Waals surface area (Å²) in [6.45, 7) is 6.24. The maximum atomic E-state index is 8.88. The van der Waals surface area contributed by atoms with Crippen molar-refractivity contribution in [1.29, 1.82) is 5.26 Å². The van der Waals surface area contributed by atoms with Gasteiger partial charge in [0.1, 0.15) is 16.9 Å². The van der Waals surface area contributed by atoms with Crippen LogP contribution in [0.4, 0.5) is 0 Å². The fourth-order valence-electron chi connectivity index (χ4n) is 1.48. The lowest BCUT2D eigenvalue weighted by atomic mass is 10.1. The van der Waals surface area contributed by atoms with E-state index in [1.807, 2.05) is 31.2 Å². The zero-order chi connectivity index (χ0) is 12.8. The van der Waals surface area contributed by atoms with Crippen LogP contribution in [0, 0.1) is 18.3 Å². The van der Waals surface area contributed by atoms with Crippen molar-refractivity contribution in [2.24, 2.45) is 0 Å². The van der Waals surface area contributed by atoms with E-state index in [4.69, 9.17) is 16.9 Å². The van der Waals surface area contributed by atoms with E-state index in [0.717, 1.165) is 16.3 Å². The number of hydrogen-bond donors (Lipinski definition) is 0. The van der Waals surface area contributed by atoms with Crippen molar-refractivity contribution < 1.29 is 0 Å². The first-order valence-corrected chi connectivity index (χ1v) is 5.97. The Balaban J connectivity index is 0.000000437. The first kappa shape index (κ1) is 13.5. The van der Waals surface area contributed by atoms with Crippen molar-refractivity contribution in [1.82, 2.24) is 4.98 Å². The fraction of sp³-hybridized carbons (Fsp3) is 0.286. The second-order valence-electron chi connectivity index (χ2n) is 3.78. The number of benzene rings is 1. The predicted octanol–water partition coefficient (Wildman–Crippen LogP) is 4.48. The minimum Gasteiger partial charge on any atom is -0.225 e. The smallest absolute Gasteiger partial charge is 0.150 e. The Bertz CT molecular complexity index is 556. The highest BCUT2D eigenvalue weighted by atomic mass is 35.5. The number of rotatable bonds is 0. The first-order valence-electron chi connectivity index (χ1n) is 5.60. The van der Waals surface area contributed by atoms with Gasteiger partial charge in [-0.1, -0.05) is 50.1 Å². The molecule has 2 rings (SSSR count). The number of hydrogen-bond acceptors (Lipinski definition) is 2. The molecule has 0 unspecified atom stereocenters. The SMILES string of the molecule is CCC.Cc1cccc2c(C#N)nc(Cl)cc12. The van der Waals surface area contributed by atoms with Crippen LogP contribution in [-0.4, -0.2) is 4.98 Å². The maximum Gasteiger partial charge on any atom is 0.150 e. The third-order valence-corrected chi connectivity index (χ3v) is 2.36. The average molecular weight is 247 g/mol. The average Bonchev–Trinajstić information content (AvgIpc) is 2.30. The maximum absolute atomic E-state index is 8.88. The van der Waals surface area contributed by atoms with E-state index >= 15 is 0 Å². The monoisotopic (exact) mass is 246 g/mol. The van der Waals surface area contributed by atoms with Crippen molar-refractivity contribution in [3.05, 3.63) is 40.7 Å². The van der Waals surface area contributed by atoms with Crippen molar-refractivity contribution >= 4 is 22.4 Å². The van der Waals surface area contributed by atoms with Crippen LogP contribution in [0.5, 0.6) is 0 Å². The van der Waals surface area contributed by atoms with Gasteiger partial charge in [-0.3, -0.25) is 0 Å². The van der Waals surface area contributed by atoms with Crippen molar-refractivity contribution in [2.45, 2.75) is 27.2 Å². The molecule has 0 spiro atoms. The first-order chi connectivity index (χ1) is 8.13. The highest BCUT2D eigenvalue weighted by Crippen LogP contribution is 2.23. The molecule has 0 aliphatic rings. The molecule has 0 aliphatic heterocycles. The Morgan fingerprint density at radius 2 is 1.94 bits per heavy atom. The van der Waals surface area contributed by atoms with Crippen LogP contribution in [0.2, 0.25) is 5.15 Å². The van der Waals surface area contributed by atoms with E-state index in [1.165, 1.54) is 6.42 Å². The number of pyridine rings is 1. The van der Waals surface area contributed by atoms with Gasteiger partial charge in [-0.25, -0.2) is 4.98 Å². The minimum absolute atomic E-state index is 0.364. The number of aromatic nitrogens is 1. The summed E-state index contributed by atoms with van der Waals surface area (Å²) in [7, 11) is 0. The Hall–Kier alpha value is -1.59. The molecule has 1 aromatic heterocycles. The Labute approximate surface area is 107 Å². The zero-order valence-electron chi connectivity index (χ0n) is 10.3. The van der Waals surface area contributed by atoms with Gasteiger partial charge in [0.25, 0.3) is 0 Å². The highest BCUT2D eigenvalue weighted by Gasteiger charge is 2.05. The third-order valence-electron chi connectivity index (χ3n) is 2.17. The molecule has 0 N–H and O–H groups in total. The summed E-state index contributed by atoms with van der Waals surface area (Å²) >= 11 is 5.81. The molecular weight excluding hydrogens is 232 g/mol. The second-order valence-corrected chi connectivity index (χ2v) is 4.17. The van der Waals surface area contributed by atoms with Crippen molar-refractivity contribution in [2.75, 3.05) is 0 Å². The van der Waals surface area contributed by atoms with Crippen LogP contribution >= 0.6 is 11.6 Å². The summed E-state index contributed by atoms with van der Waals surface area (Å²) in [6.07, 6.45) is 1.25. The highest BCUT2D eigenvalue weighted by molar-refractivity contribution is 6.30. The van der Waals surface area contributed by atoms with Gasteiger partial charge in [-0.15, -0.1) is 0 Å². The van der Waals surface area contributed by atoms with E-state index < -0.39 is 0 Å². The molecule has 0 aliphatic carbocycles. The molecule has 0 amide bonds. The minimum atomic E-state index is 0.364. The normalized spacial score (nSPS) is 9.35. The van der Waals surface area contributed by atoms with Crippen molar-refractivity contribution in [3.63, 3.8) is 0 Å². The Morgan fingerprint density at radius 1 is 1.29 bits per heavy atom. The number of fused-ring (bicyclic) bond motifs is 1. The zero-order valence-corrected chi connectivity index (χ0v) is 11.0. The summed E-state index contributed by atoms with van der Waals surface area (Å²) in [5.41, 5.74) is 1.49. The summed E-state index contributed by atoms with van der Waals surface area (Å²) < 4.78 is 0. The van der Waals surface area contributed by atoms with E-state index in [-0.39, 0.29) is 0 Å². The Morgan fingerprint density at radius 3 is 2.53 bits per heavy atom. The molecule has 2 nitrogen and oxygen atoms in total. The molecule has 88 valence electrons. The molecule has 1 heterocycles. The summed E-state index contributed by atoms with van der Waals surface area (Å²) in [6, 6.07) is 9.60. The molecule has 0 atom stereocenters. The van der Waals surface area contributed by atoms with Gasteiger partial charge in [0.05, 0.1) is 0 Å². The van der Waals surface area contributed by atoms with Crippen molar-refractivity contribution in [3.8, 4) is 6.07 Å². The van der Waals surface area contributed by atoms with Gasteiger partial charge in [-0.05, 0) is 23.9 Å². The molecule has 17 heavy (non-hydrogen) atoms. The molecular formula is C14H15ClN2. The van der Waals surface area contributed by atoms with Gasteiger partial charge in [0, 0.05) is 5.39 Å². The lowest BCUT2D eigenvalue weighted by molar-refractivity contribution is 1.09. The lowest BCUT2D eigenvalue weighted by Crippen LogP contribution is -1.88. The van der Waals surface area contributed by atoms with Crippen LogP contribution in [0.3, 0.4) is 0 Å². The van der Waals surface area contributed by atoms with E-state index in [2.05, 4.69) is 18.8 Å².